The molecule has 2 N–H and O–H groups in total. The number of fused-ring (bicyclic) bond motifs is 1. The monoisotopic (exact) mass is 420 g/mol. The van der Waals surface area contributed by atoms with E-state index in [2.05, 4.69) is 10.6 Å². The quantitative estimate of drug-likeness (QED) is 0.719. The van der Waals surface area contributed by atoms with E-state index in [9.17, 15) is 19.2 Å². The van der Waals surface area contributed by atoms with E-state index >= 15 is 0 Å². The maximum atomic E-state index is 12.6. The van der Waals surface area contributed by atoms with Crippen LogP contribution in [0.25, 0.3) is 0 Å². The van der Waals surface area contributed by atoms with Crippen LogP contribution in [0.2, 0.25) is 0 Å². The number of benzene rings is 2. The molecule has 2 aliphatic rings. The van der Waals surface area contributed by atoms with E-state index in [1.807, 2.05) is 42.5 Å². The molecular weight excluding hydrogens is 396 g/mol. The molecule has 1 fully saturated rings. The zero-order valence-electron chi connectivity index (χ0n) is 17.5. The summed E-state index contributed by atoms with van der Waals surface area (Å²) in [4.78, 5) is 51.8. The van der Waals surface area contributed by atoms with Gasteiger partial charge in [-0.05, 0) is 28.8 Å². The number of rotatable bonds is 5. The summed E-state index contributed by atoms with van der Waals surface area (Å²) < 4.78 is 0. The standard InChI is InChI=1S/C23H24N4O4/c1-15(28)27(13-16-6-4-3-5-7-16)14-20(29)24-19-9-8-17-11-23(12-18(17)10-19)21(30)25-22(31)26(23)2/h3-10H,11-14H2,1-2H3,(H,24,29)(H,25,30,31). The van der Waals surface area contributed by atoms with Gasteiger partial charge in [0.15, 0.2) is 0 Å². The number of hydrogen-bond acceptors (Lipinski definition) is 4. The molecule has 2 aromatic carbocycles. The molecule has 0 bridgehead atoms. The predicted molar refractivity (Wildman–Crippen MR) is 114 cm³/mol. The third kappa shape index (κ3) is 3.88. The number of likely N-dealkylation sites (N-methyl/N-ethyl adjacent to an activating group) is 1. The normalized spacial score (nSPS) is 19.4. The summed E-state index contributed by atoms with van der Waals surface area (Å²) in [7, 11) is 1.62. The van der Waals surface area contributed by atoms with E-state index in [0.29, 0.717) is 25.1 Å². The topological polar surface area (TPSA) is 98.8 Å². The van der Waals surface area contributed by atoms with Crippen molar-refractivity contribution in [1.82, 2.24) is 15.1 Å². The predicted octanol–water partition coefficient (Wildman–Crippen LogP) is 1.69. The molecule has 1 aliphatic carbocycles. The lowest BCUT2D eigenvalue weighted by atomic mass is 9.95. The molecule has 1 spiro atoms. The molecule has 0 saturated carbocycles. The molecule has 4 rings (SSSR count). The lowest BCUT2D eigenvalue weighted by molar-refractivity contribution is -0.133. The summed E-state index contributed by atoms with van der Waals surface area (Å²) in [6, 6.07) is 14.6. The smallest absolute Gasteiger partial charge is 0.324 e. The molecule has 8 nitrogen and oxygen atoms in total. The van der Waals surface area contributed by atoms with Crippen molar-refractivity contribution in [3.05, 3.63) is 65.2 Å². The van der Waals surface area contributed by atoms with Crippen molar-refractivity contribution in [3.63, 3.8) is 0 Å². The van der Waals surface area contributed by atoms with E-state index in [0.717, 1.165) is 16.7 Å². The molecule has 160 valence electrons. The van der Waals surface area contributed by atoms with Gasteiger partial charge >= 0.3 is 6.03 Å². The summed E-state index contributed by atoms with van der Waals surface area (Å²) in [6.07, 6.45) is 0.841. The Morgan fingerprint density at radius 1 is 1.10 bits per heavy atom. The second kappa shape index (κ2) is 7.86. The van der Waals surface area contributed by atoms with Crippen molar-refractivity contribution in [2.45, 2.75) is 31.8 Å². The third-order valence-electron chi connectivity index (χ3n) is 6.04. The SMILES string of the molecule is CC(=O)N(CC(=O)Nc1ccc2c(c1)CC1(C2)C(=O)NC(=O)N1C)Cc1ccccc1. The first-order valence-electron chi connectivity index (χ1n) is 10.1. The van der Waals surface area contributed by atoms with Gasteiger partial charge in [0.05, 0.1) is 0 Å². The number of amides is 5. The lowest BCUT2D eigenvalue weighted by Crippen LogP contribution is -2.48. The Kier molecular flexibility index (Phi) is 5.22. The van der Waals surface area contributed by atoms with E-state index < -0.39 is 11.6 Å². The number of anilines is 1. The minimum absolute atomic E-state index is 0.0646. The average Bonchev–Trinajstić information content (AvgIpc) is 3.21. The van der Waals surface area contributed by atoms with Gasteiger partial charge in [-0.25, -0.2) is 4.79 Å². The Bertz CT molecular complexity index is 1070. The van der Waals surface area contributed by atoms with Crippen molar-refractivity contribution in [2.24, 2.45) is 0 Å². The second-order valence-electron chi connectivity index (χ2n) is 8.10. The maximum Gasteiger partial charge on any atom is 0.324 e. The van der Waals surface area contributed by atoms with Gasteiger partial charge < -0.3 is 15.1 Å². The van der Waals surface area contributed by atoms with E-state index in [1.165, 1.54) is 16.7 Å². The van der Waals surface area contributed by atoms with Gasteiger partial charge in [0.25, 0.3) is 5.91 Å². The van der Waals surface area contributed by atoms with Crippen LogP contribution in [0, 0.1) is 0 Å². The molecule has 5 amide bonds. The molecule has 1 atom stereocenters. The molecule has 2 aromatic rings. The van der Waals surface area contributed by atoms with Crippen LogP contribution in [-0.2, 0) is 33.8 Å². The number of carbonyl (C=O) groups is 4. The van der Waals surface area contributed by atoms with Crippen molar-refractivity contribution in [1.29, 1.82) is 0 Å². The van der Waals surface area contributed by atoms with Gasteiger partial charge in [0.2, 0.25) is 11.8 Å². The highest BCUT2D eigenvalue weighted by molar-refractivity contribution is 6.07. The summed E-state index contributed by atoms with van der Waals surface area (Å²) in [5.41, 5.74) is 2.54. The molecule has 1 aliphatic heterocycles. The first-order chi connectivity index (χ1) is 14.8. The first kappa shape index (κ1) is 20.6. The Morgan fingerprint density at radius 3 is 2.45 bits per heavy atom. The first-order valence-corrected chi connectivity index (χ1v) is 10.1. The number of imide groups is 1. The van der Waals surface area contributed by atoms with Crippen molar-refractivity contribution in [3.8, 4) is 0 Å². The summed E-state index contributed by atoms with van der Waals surface area (Å²) >= 11 is 0. The van der Waals surface area contributed by atoms with Gasteiger partial charge in [-0.1, -0.05) is 36.4 Å². The molecule has 1 unspecified atom stereocenters. The highest BCUT2D eigenvalue weighted by Gasteiger charge is 2.54. The highest BCUT2D eigenvalue weighted by Crippen LogP contribution is 2.38. The Balaban J connectivity index is 1.43. The van der Waals surface area contributed by atoms with Crippen LogP contribution >= 0.6 is 0 Å². The highest BCUT2D eigenvalue weighted by atomic mass is 16.2. The average molecular weight is 420 g/mol. The van der Waals surface area contributed by atoms with E-state index in [-0.39, 0.29) is 24.3 Å². The number of nitrogens with zero attached hydrogens (tertiary/aromatic N) is 2. The Labute approximate surface area is 180 Å². The van der Waals surface area contributed by atoms with Crippen LogP contribution in [-0.4, -0.2) is 52.7 Å². The summed E-state index contributed by atoms with van der Waals surface area (Å²) in [5, 5.41) is 5.21. The van der Waals surface area contributed by atoms with Crippen LogP contribution in [0.3, 0.4) is 0 Å². The summed E-state index contributed by atoms with van der Waals surface area (Å²) in [6.45, 7) is 1.73. The fraction of sp³-hybridized carbons (Fsp3) is 0.304. The molecule has 31 heavy (non-hydrogen) atoms. The van der Waals surface area contributed by atoms with E-state index in [4.69, 9.17) is 0 Å². The van der Waals surface area contributed by atoms with Crippen LogP contribution < -0.4 is 10.6 Å². The van der Waals surface area contributed by atoms with Crippen LogP contribution in [0.15, 0.2) is 48.5 Å². The van der Waals surface area contributed by atoms with Crippen molar-refractivity contribution >= 4 is 29.4 Å². The number of nitrogens with one attached hydrogen (secondary N) is 2. The molecule has 1 heterocycles. The minimum atomic E-state index is -0.900. The Morgan fingerprint density at radius 2 is 1.81 bits per heavy atom. The van der Waals surface area contributed by atoms with Gasteiger partial charge in [-0.3, -0.25) is 19.7 Å². The molecular formula is C23H24N4O4. The van der Waals surface area contributed by atoms with Gasteiger partial charge in [0.1, 0.15) is 12.1 Å². The molecule has 0 radical (unpaired) electrons. The van der Waals surface area contributed by atoms with Gasteiger partial charge in [-0.2, -0.15) is 0 Å². The molecule has 1 saturated heterocycles. The fourth-order valence-electron chi connectivity index (χ4n) is 4.23. The van der Waals surface area contributed by atoms with Gasteiger partial charge in [-0.15, -0.1) is 0 Å². The molecule has 0 aromatic heterocycles. The minimum Gasteiger partial charge on any atom is -0.329 e. The van der Waals surface area contributed by atoms with Crippen molar-refractivity contribution < 1.29 is 19.2 Å². The summed E-state index contributed by atoms with van der Waals surface area (Å²) in [5.74, 6) is -0.778. The van der Waals surface area contributed by atoms with Crippen molar-refractivity contribution in [2.75, 3.05) is 18.9 Å². The zero-order valence-corrected chi connectivity index (χ0v) is 17.5. The van der Waals surface area contributed by atoms with E-state index in [1.54, 1.807) is 13.1 Å². The van der Waals surface area contributed by atoms with Crippen LogP contribution in [0.5, 0.6) is 0 Å². The number of carbonyl (C=O) groups excluding carboxylic acids is 4. The number of hydrogen-bond donors (Lipinski definition) is 2. The molecule has 8 heteroatoms. The maximum absolute atomic E-state index is 12.6. The third-order valence-corrected chi connectivity index (χ3v) is 6.04. The lowest BCUT2D eigenvalue weighted by Gasteiger charge is -2.27. The van der Waals surface area contributed by atoms with Crippen LogP contribution in [0.1, 0.15) is 23.6 Å². The largest absolute Gasteiger partial charge is 0.329 e. The van der Waals surface area contributed by atoms with Gasteiger partial charge in [0, 0.05) is 39.0 Å². The zero-order chi connectivity index (χ0) is 22.2. The number of urea groups is 1. The Hall–Kier alpha value is -3.68. The van der Waals surface area contributed by atoms with Crippen LogP contribution in [0.4, 0.5) is 10.5 Å². The fourth-order valence-corrected chi connectivity index (χ4v) is 4.23. The second-order valence-corrected chi connectivity index (χ2v) is 8.10.